The van der Waals surface area contributed by atoms with Crippen molar-refractivity contribution < 1.29 is 14.6 Å². The Hall–Kier alpha value is -2.33. The largest absolute Gasteiger partial charge is 0.494 e. The zero-order chi connectivity index (χ0) is 17.0. The number of hydrogen-bond donors (Lipinski definition) is 2. The maximum atomic E-state index is 12.9. The molecule has 0 aromatic heterocycles. The van der Waals surface area contributed by atoms with Gasteiger partial charge in [0.05, 0.1) is 18.6 Å². The molecule has 4 nitrogen and oxygen atoms in total. The number of amides is 1. The van der Waals surface area contributed by atoms with Crippen LogP contribution in [0.3, 0.4) is 0 Å². The highest BCUT2D eigenvalue weighted by molar-refractivity contribution is 6.00. The first-order chi connectivity index (χ1) is 11.7. The summed E-state index contributed by atoms with van der Waals surface area (Å²) < 4.78 is 5.48. The molecule has 126 valence electrons. The van der Waals surface area contributed by atoms with Crippen molar-refractivity contribution in [3.63, 3.8) is 0 Å². The van der Waals surface area contributed by atoms with Crippen LogP contribution in [0.4, 0.5) is 5.69 Å². The molecule has 1 aliphatic carbocycles. The lowest BCUT2D eigenvalue weighted by molar-refractivity contribution is -0.124. The third-order valence-electron chi connectivity index (χ3n) is 4.76. The van der Waals surface area contributed by atoms with Gasteiger partial charge in [0.2, 0.25) is 5.91 Å². The van der Waals surface area contributed by atoms with Gasteiger partial charge in [0.15, 0.2) is 0 Å². The summed E-state index contributed by atoms with van der Waals surface area (Å²) in [6.07, 6.45) is 2.80. The van der Waals surface area contributed by atoms with Crippen LogP contribution in [-0.2, 0) is 16.8 Å². The van der Waals surface area contributed by atoms with Crippen molar-refractivity contribution in [3.05, 3.63) is 59.7 Å². The number of carbonyl (C=O) groups excluding carboxylic acids is 1. The average molecular weight is 325 g/mol. The van der Waals surface area contributed by atoms with Gasteiger partial charge in [-0.1, -0.05) is 36.8 Å². The van der Waals surface area contributed by atoms with Crippen LogP contribution in [0.15, 0.2) is 48.5 Å². The Bertz CT molecular complexity index is 708. The minimum Gasteiger partial charge on any atom is -0.494 e. The molecule has 1 fully saturated rings. The quantitative estimate of drug-likeness (QED) is 0.852. The molecule has 1 amide bonds. The Morgan fingerprint density at radius 2 is 1.96 bits per heavy atom. The van der Waals surface area contributed by atoms with Crippen LogP contribution < -0.4 is 10.1 Å². The van der Waals surface area contributed by atoms with Crippen molar-refractivity contribution in [1.29, 1.82) is 0 Å². The molecule has 0 radical (unpaired) electrons. The number of anilines is 1. The Morgan fingerprint density at radius 1 is 1.21 bits per heavy atom. The number of aliphatic hydroxyl groups excluding tert-OH is 1. The summed E-state index contributed by atoms with van der Waals surface area (Å²) in [5.74, 6) is 0.674. The predicted molar refractivity (Wildman–Crippen MR) is 94.1 cm³/mol. The van der Waals surface area contributed by atoms with E-state index in [2.05, 4.69) is 5.32 Å². The second-order valence-corrected chi connectivity index (χ2v) is 6.17. The number of rotatable bonds is 6. The van der Waals surface area contributed by atoms with E-state index in [4.69, 9.17) is 4.74 Å². The van der Waals surface area contributed by atoms with Gasteiger partial charge >= 0.3 is 0 Å². The molecule has 2 N–H and O–H groups in total. The van der Waals surface area contributed by atoms with Crippen LogP contribution in [0.1, 0.15) is 37.3 Å². The summed E-state index contributed by atoms with van der Waals surface area (Å²) in [6.45, 7) is 2.32. The molecule has 3 rings (SSSR count). The van der Waals surface area contributed by atoms with Crippen molar-refractivity contribution >= 4 is 11.6 Å². The fraction of sp³-hybridized carbons (Fsp3) is 0.350. The third kappa shape index (κ3) is 3.02. The highest BCUT2D eigenvalue weighted by atomic mass is 16.5. The minimum atomic E-state index is -0.431. The van der Waals surface area contributed by atoms with E-state index in [1.165, 1.54) is 0 Å². The van der Waals surface area contributed by atoms with Crippen LogP contribution in [0, 0.1) is 0 Å². The molecule has 0 heterocycles. The molecule has 0 bridgehead atoms. The Balaban J connectivity index is 1.81. The van der Waals surface area contributed by atoms with E-state index in [1.54, 1.807) is 12.1 Å². The van der Waals surface area contributed by atoms with Gasteiger partial charge in [0.25, 0.3) is 0 Å². The van der Waals surface area contributed by atoms with Crippen LogP contribution in [0.2, 0.25) is 0 Å². The van der Waals surface area contributed by atoms with Crippen LogP contribution in [0.5, 0.6) is 5.75 Å². The number of ether oxygens (including phenoxy) is 1. The van der Waals surface area contributed by atoms with Gasteiger partial charge in [-0.05, 0) is 43.5 Å². The molecule has 0 unspecified atom stereocenters. The van der Waals surface area contributed by atoms with E-state index < -0.39 is 5.41 Å². The lowest BCUT2D eigenvalue weighted by atomic mass is 9.64. The van der Waals surface area contributed by atoms with Crippen LogP contribution in [-0.4, -0.2) is 17.6 Å². The maximum absolute atomic E-state index is 12.9. The molecule has 2 aromatic carbocycles. The topological polar surface area (TPSA) is 58.6 Å². The van der Waals surface area contributed by atoms with E-state index in [1.807, 2.05) is 43.3 Å². The zero-order valence-electron chi connectivity index (χ0n) is 13.9. The fourth-order valence-corrected chi connectivity index (χ4v) is 3.26. The second kappa shape index (κ2) is 7.05. The van der Waals surface area contributed by atoms with Gasteiger partial charge in [-0.3, -0.25) is 4.79 Å². The summed E-state index contributed by atoms with van der Waals surface area (Å²) >= 11 is 0. The standard InChI is InChI=1S/C20H23NO3/c1-2-24-18-10-9-17(13-15(18)14-22)21-19(23)20(11-6-12-20)16-7-4-3-5-8-16/h3-5,7-10,13,22H,2,6,11-12,14H2,1H3,(H,21,23). The molecule has 2 aromatic rings. The van der Waals surface area contributed by atoms with Crippen LogP contribution >= 0.6 is 0 Å². The zero-order valence-corrected chi connectivity index (χ0v) is 13.9. The lowest BCUT2D eigenvalue weighted by Gasteiger charge is -2.40. The molecular weight excluding hydrogens is 302 g/mol. The van der Waals surface area contributed by atoms with Crippen molar-refractivity contribution in [2.75, 3.05) is 11.9 Å². The van der Waals surface area contributed by atoms with Gasteiger partial charge in [0, 0.05) is 11.3 Å². The van der Waals surface area contributed by atoms with E-state index in [-0.39, 0.29) is 12.5 Å². The van der Waals surface area contributed by atoms with E-state index in [0.717, 1.165) is 24.8 Å². The van der Waals surface area contributed by atoms with Gasteiger partial charge < -0.3 is 15.2 Å². The van der Waals surface area contributed by atoms with Gasteiger partial charge in [-0.25, -0.2) is 0 Å². The molecule has 0 saturated heterocycles. The molecule has 0 spiro atoms. The summed E-state index contributed by atoms with van der Waals surface area (Å²) in [5.41, 5.74) is 2.01. The van der Waals surface area contributed by atoms with Gasteiger partial charge in [-0.15, -0.1) is 0 Å². The summed E-state index contributed by atoms with van der Waals surface area (Å²) in [4.78, 5) is 12.9. The highest BCUT2D eigenvalue weighted by Gasteiger charge is 2.45. The van der Waals surface area contributed by atoms with E-state index >= 15 is 0 Å². The van der Waals surface area contributed by atoms with Gasteiger partial charge in [-0.2, -0.15) is 0 Å². The molecule has 4 heteroatoms. The molecular formula is C20H23NO3. The number of hydrogen-bond acceptors (Lipinski definition) is 3. The first-order valence-electron chi connectivity index (χ1n) is 8.43. The monoisotopic (exact) mass is 325 g/mol. The predicted octanol–water partition coefficient (Wildman–Crippen LogP) is 3.64. The summed E-state index contributed by atoms with van der Waals surface area (Å²) in [7, 11) is 0. The lowest BCUT2D eigenvalue weighted by Crippen LogP contribution is -2.45. The Labute approximate surface area is 142 Å². The summed E-state index contributed by atoms with van der Waals surface area (Å²) in [5, 5.41) is 12.5. The van der Waals surface area contributed by atoms with Gasteiger partial charge in [0.1, 0.15) is 5.75 Å². The Morgan fingerprint density at radius 3 is 2.54 bits per heavy atom. The van der Waals surface area contributed by atoms with Crippen molar-refractivity contribution in [2.45, 2.75) is 38.2 Å². The summed E-state index contributed by atoms with van der Waals surface area (Å²) in [6, 6.07) is 15.4. The number of aliphatic hydroxyl groups is 1. The first-order valence-corrected chi connectivity index (χ1v) is 8.43. The first kappa shape index (κ1) is 16.5. The highest BCUT2D eigenvalue weighted by Crippen LogP contribution is 2.44. The van der Waals surface area contributed by atoms with E-state index in [0.29, 0.717) is 23.6 Å². The van der Waals surface area contributed by atoms with Crippen molar-refractivity contribution in [1.82, 2.24) is 0 Å². The number of nitrogens with one attached hydrogen (secondary N) is 1. The molecule has 0 aliphatic heterocycles. The smallest absolute Gasteiger partial charge is 0.235 e. The number of carbonyl (C=O) groups is 1. The average Bonchev–Trinajstić information content (AvgIpc) is 2.56. The fourth-order valence-electron chi connectivity index (χ4n) is 3.26. The molecule has 1 saturated carbocycles. The maximum Gasteiger partial charge on any atom is 0.235 e. The number of benzene rings is 2. The van der Waals surface area contributed by atoms with Crippen molar-refractivity contribution in [3.8, 4) is 5.75 Å². The SMILES string of the molecule is CCOc1ccc(NC(=O)C2(c3ccccc3)CCC2)cc1CO. The Kier molecular flexibility index (Phi) is 4.86. The van der Waals surface area contributed by atoms with Crippen LogP contribution in [0.25, 0.3) is 0 Å². The van der Waals surface area contributed by atoms with Crippen molar-refractivity contribution in [2.24, 2.45) is 0 Å². The molecule has 0 atom stereocenters. The minimum absolute atomic E-state index is 0.0213. The molecule has 24 heavy (non-hydrogen) atoms. The third-order valence-corrected chi connectivity index (χ3v) is 4.76. The normalized spacial score (nSPS) is 15.4. The second-order valence-electron chi connectivity index (χ2n) is 6.17. The molecule has 1 aliphatic rings. The van der Waals surface area contributed by atoms with E-state index in [9.17, 15) is 9.90 Å².